The molecule has 6 atom stereocenters. The molecule has 2 saturated heterocycles. The van der Waals surface area contributed by atoms with Crippen molar-refractivity contribution in [2.45, 2.75) is 27.2 Å². The topological polar surface area (TPSA) is 101 Å². The van der Waals surface area contributed by atoms with Crippen LogP contribution in [0.2, 0.25) is 0 Å². The molecule has 5 aliphatic rings. The van der Waals surface area contributed by atoms with Gasteiger partial charge in [0.25, 0.3) is 0 Å². The van der Waals surface area contributed by atoms with Crippen LogP contribution in [-0.2, 0) is 28.7 Å². The van der Waals surface area contributed by atoms with Crippen LogP contribution in [0.25, 0.3) is 0 Å². The molecule has 4 amide bonds. The number of carbonyl (C=O) groups is 5. The van der Waals surface area contributed by atoms with Crippen LogP contribution < -0.4 is 9.80 Å². The van der Waals surface area contributed by atoms with E-state index < -0.39 is 76.2 Å². The van der Waals surface area contributed by atoms with Crippen molar-refractivity contribution in [3.8, 4) is 0 Å². The molecule has 2 aromatic rings. The first kappa shape index (κ1) is 25.1. The van der Waals surface area contributed by atoms with E-state index in [1.165, 1.54) is 24.3 Å². The van der Waals surface area contributed by atoms with Gasteiger partial charge in [0, 0.05) is 12.3 Å². The summed E-state index contributed by atoms with van der Waals surface area (Å²) in [5.41, 5.74) is -0.707. The second kappa shape index (κ2) is 8.39. The summed E-state index contributed by atoms with van der Waals surface area (Å²) in [4.78, 5) is 70.2. The van der Waals surface area contributed by atoms with E-state index in [4.69, 9.17) is 4.74 Å². The van der Waals surface area contributed by atoms with Gasteiger partial charge >= 0.3 is 5.97 Å². The Morgan fingerprint density at radius 3 is 1.56 bits per heavy atom. The van der Waals surface area contributed by atoms with Gasteiger partial charge in [-0.05, 0) is 61.0 Å². The molecule has 2 bridgehead atoms. The molecule has 0 aromatic heterocycles. The molecule has 8 nitrogen and oxygen atoms in total. The van der Waals surface area contributed by atoms with Gasteiger partial charge in [-0.15, -0.1) is 0 Å². The van der Waals surface area contributed by atoms with E-state index in [2.05, 4.69) is 0 Å². The molecule has 2 aromatic carbocycles. The van der Waals surface area contributed by atoms with Crippen molar-refractivity contribution in [1.82, 2.24) is 0 Å². The van der Waals surface area contributed by atoms with E-state index >= 15 is 0 Å². The maximum Gasteiger partial charge on any atom is 0.310 e. The lowest BCUT2D eigenvalue weighted by Gasteiger charge is -2.55. The van der Waals surface area contributed by atoms with E-state index in [1.807, 2.05) is 0 Å². The molecule has 2 aliphatic heterocycles. The summed E-state index contributed by atoms with van der Waals surface area (Å²) in [6.07, 6.45) is 0.0306. The Kier molecular flexibility index (Phi) is 5.40. The number of benzene rings is 2. The third-order valence-electron chi connectivity index (χ3n) is 8.79. The lowest BCUT2D eigenvalue weighted by atomic mass is 9.45. The molecular weight excluding hydrogens is 510 g/mol. The van der Waals surface area contributed by atoms with Crippen LogP contribution in [0, 0.1) is 46.6 Å². The Bertz CT molecular complexity index is 1410. The van der Waals surface area contributed by atoms with E-state index in [9.17, 15) is 32.8 Å². The lowest BCUT2D eigenvalue weighted by molar-refractivity contribution is -0.160. The number of hydrogen-bond acceptors (Lipinski definition) is 6. The van der Waals surface area contributed by atoms with Crippen molar-refractivity contribution in [2.75, 3.05) is 9.80 Å². The number of amides is 4. The van der Waals surface area contributed by atoms with Gasteiger partial charge in [-0.25, -0.2) is 8.78 Å². The van der Waals surface area contributed by atoms with Crippen molar-refractivity contribution in [3.63, 3.8) is 0 Å². The lowest BCUT2D eigenvalue weighted by Crippen LogP contribution is -2.60. The van der Waals surface area contributed by atoms with Crippen LogP contribution in [0.1, 0.15) is 27.2 Å². The maximum atomic E-state index is 14.0. The number of hydrogen-bond donors (Lipinski definition) is 0. The molecule has 39 heavy (non-hydrogen) atoms. The number of esters is 1. The summed E-state index contributed by atoms with van der Waals surface area (Å²) in [6.45, 7) is 4.86. The molecule has 7 rings (SSSR count). The van der Waals surface area contributed by atoms with Crippen LogP contribution in [-0.4, -0.2) is 29.6 Å². The number of carbonyl (C=O) groups excluding carboxylic acids is 5. The van der Waals surface area contributed by atoms with Crippen LogP contribution in [0.3, 0.4) is 0 Å². The monoisotopic (exact) mass is 534 g/mol. The average Bonchev–Trinajstić information content (AvgIpc) is 3.33. The number of rotatable bonds is 4. The summed E-state index contributed by atoms with van der Waals surface area (Å²) in [5.74, 6) is -8.97. The van der Waals surface area contributed by atoms with E-state index in [1.54, 1.807) is 20.8 Å². The third-order valence-corrected chi connectivity index (χ3v) is 8.79. The zero-order valence-electron chi connectivity index (χ0n) is 21.3. The summed E-state index contributed by atoms with van der Waals surface area (Å²) >= 11 is 0. The molecule has 0 radical (unpaired) electrons. The highest BCUT2D eigenvalue weighted by atomic mass is 19.1. The highest BCUT2D eigenvalue weighted by Crippen LogP contribution is 2.68. The van der Waals surface area contributed by atoms with Crippen LogP contribution in [0.5, 0.6) is 0 Å². The molecule has 0 spiro atoms. The van der Waals surface area contributed by atoms with Gasteiger partial charge in [-0.2, -0.15) is 0 Å². The highest BCUT2D eigenvalue weighted by Gasteiger charge is 2.77. The second-order valence-electron chi connectivity index (χ2n) is 10.6. The fourth-order valence-corrected chi connectivity index (χ4v) is 7.25. The molecule has 10 heteroatoms. The molecule has 200 valence electrons. The van der Waals surface area contributed by atoms with E-state index in [0.717, 1.165) is 34.1 Å². The highest BCUT2D eigenvalue weighted by molar-refractivity contribution is 6.27. The van der Waals surface area contributed by atoms with Gasteiger partial charge in [0.1, 0.15) is 17.4 Å². The van der Waals surface area contributed by atoms with Crippen molar-refractivity contribution >= 4 is 41.0 Å². The quantitative estimate of drug-likeness (QED) is 0.438. The first-order valence-electron chi connectivity index (χ1n) is 12.7. The summed E-state index contributed by atoms with van der Waals surface area (Å²) in [6, 6.07) is 9.81. The minimum absolute atomic E-state index is 0.0306. The standard InChI is InChI=1S/C29H24F2N2O6/c1-4-18(34)39-24-13(2)19-20-22(27(37)32(25(20)35)16-9-5-14(30)6-10-16)29(24,3)23-21(19)26(36)33(28(23)38)17-11-7-15(31)8-12-17/h5-12,19-23H,4H2,1-3H3/t19?,20-,21+,22+,23-,29?. The largest absolute Gasteiger partial charge is 0.430 e. The zero-order valence-corrected chi connectivity index (χ0v) is 21.3. The first-order chi connectivity index (χ1) is 18.5. The molecule has 0 N–H and O–H groups in total. The smallest absolute Gasteiger partial charge is 0.310 e. The molecular formula is C29H24F2N2O6. The average molecular weight is 535 g/mol. The summed E-state index contributed by atoms with van der Waals surface area (Å²) in [5, 5.41) is 0. The van der Waals surface area contributed by atoms with Gasteiger partial charge in [-0.1, -0.05) is 13.8 Å². The predicted octanol–water partition coefficient (Wildman–Crippen LogP) is 3.75. The predicted molar refractivity (Wildman–Crippen MR) is 132 cm³/mol. The minimum atomic E-state index is -1.51. The normalized spacial score (nSPS) is 31.3. The molecule has 1 saturated carbocycles. The molecule has 3 aliphatic carbocycles. The number of halogens is 2. The van der Waals surface area contributed by atoms with Crippen LogP contribution >= 0.6 is 0 Å². The fourth-order valence-electron chi connectivity index (χ4n) is 7.25. The van der Waals surface area contributed by atoms with Crippen molar-refractivity contribution in [2.24, 2.45) is 35.0 Å². The fraction of sp³-hybridized carbons (Fsp3) is 0.345. The van der Waals surface area contributed by atoms with Gasteiger partial charge in [-0.3, -0.25) is 33.8 Å². The van der Waals surface area contributed by atoms with Crippen molar-refractivity contribution in [1.29, 1.82) is 0 Å². The second-order valence-corrected chi connectivity index (χ2v) is 10.6. The Balaban J connectivity index is 1.53. The molecule has 2 unspecified atom stereocenters. The number of nitrogens with zero attached hydrogens (tertiary/aromatic N) is 2. The molecule has 2 heterocycles. The number of imide groups is 2. The van der Waals surface area contributed by atoms with Gasteiger partial charge in [0.15, 0.2) is 0 Å². The maximum absolute atomic E-state index is 14.0. The van der Waals surface area contributed by atoms with Crippen LogP contribution in [0.15, 0.2) is 59.9 Å². The number of allylic oxidation sites excluding steroid dienone is 2. The van der Waals surface area contributed by atoms with Gasteiger partial charge in [0.05, 0.1) is 40.5 Å². The Morgan fingerprint density at radius 2 is 1.18 bits per heavy atom. The SMILES string of the molecule is CCC(=O)OC1=C(C)C2[C@H]3C(=O)N(c4ccc(F)cc4)C(=O)[C@H]3C1(C)[C@H]1C(=O)N(c3ccc(F)cc3)C(=O)[C@@H]21. The number of anilines is 2. The Hall–Kier alpha value is -4.21. The minimum Gasteiger partial charge on any atom is -0.430 e. The van der Waals surface area contributed by atoms with E-state index in [-0.39, 0.29) is 23.6 Å². The van der Waals surface area contributed by atoms with Gasteiger partial charge in [0.2, 0.25) is 23.6 Å². The van der Waals surface area contributed by atoms with Crippen LogP contribution in [0.4, 0.5) is 20.2 Å². The van der Waals surface area contributed by atoms with Crippen molar-refractivity contribution < 1.29 is 37.5 Å². The van der Waals surface area contributed by atoms with E-state index in [0.29, 0.717) is 5.57 Å². The Labute approximate surface area is 222 Å². The third kappa shape index (κ3) is 3.17. The summed E-state index contributed by atoms with van der Waals surface area (Å²) < 4.78 is 33.0. The Morgan fingerprint density at radius 1 is 0.769 bits per heavy atom. The van der Waals surface area contributed by atoms with Gasteiger partial charge < -0.3 is 4.74 Å². The zero-order chi connectivity index (χ0) is 28.0. The van der Waals surface area contributed by atoms with Crippen molar-refractivity contribution in [3.05, 3.63) is 71.5 Å². The first-order valence-corrected chi connectivity index (χ1v) is 12.7. The molecule has 3 fully saturated rings. The summed E-state index contributed by atoms with van der Waals surface area (Å²) in [7, 11) is 0. The number of ether oxygens (including phenoxy) is 1.